The number of amides is 2. The standard InChI is InChI=1S/C23H19ClN4O2/c24-19-9-8-17(26-23(29)28-10-4-5-11-28)13-18(19)22-27-21-20(30-22)12-16(14-25-21)15-6-2-1-3-7-15/h1-3,6-9,12-14H,4-5,10-11H2,(H,26,29). The van der Waals surface area contributed by atoms with Gasteiger partial charge in [-0.25, -0.2) is 9.78 Å². The number of halogens is 1. The lowest BCUT2D eigenvalue weighted by Gasteiger charge is -2.16. The number of carbonyl (C=O) groups excluding carboxylic acids is 1. The molecule has 0 radical (unpaired) electrons. The van der Waals surface area contributed by atoms with Gasteiger partial charge in [0.15, 0.2) is 11.2 Å². The van der Waals surface area contributed by atoms with Crippen molar-refractivity contribution in [1.82, 2.24) is 14.9 Å². The molecule has 1 aliphatic heterocycles. The Balaban J connectivity index is 1.46. The normalized spacial score (nSPS) is 13.7. The van der Waals surface area contributed by atoms with Crippen molar-refractivity contribution < 1.29 is 9.21 Å². The van der Waals surface area contributed by atoms with E-state index in [2.05, 4.69) is 15.3 Å². The summed E-state index contributed by atoms with van der Waals surface area (Å²) in [6, 6.07) is 17.1. The molecule has 3 heterocycles. The van der Waals surface area contributed by atoms with Crippen LogP contribution in [-0.2, 0) is 0 Å². The molecular weight excluding hydrogens is 400 g/mol. The van der Waals surface area contributed by atoms with Gasteiger partial charge in [-0.15, -0.1) is 0 Å². The third-order valence-electron chi connectivity index (χ3n) is 5.20. The maximum Gasteiger partial charge on any atom is 0.321 e. The van der Waals surface area contributed by atoms with Crippen LogP contribution in [0.1, 0.15) is 12.8 Å². The van der Waals surface area contributed by atoms with Gasteiger partial charge in [-0.05, 0) is 42.7 Å². The van der Waals surface area contributed by atoms with Gasteiger partial charge in [-0.3, -0.25) is 0 Å². The summed E-state index contributed by atoms with van der Waals surface area (Å²) in [6.45, 7) is 1.57. The smallest absolute Gasteiger partial charge is 0.321 e. The molecule has 1 aliphatic rings. The number of rotatable bonds is 3. The first-order valence-corrected chi connectivity index (χ1v) is 10.2. The van der Waals surface area contributed by atoms with Crippen molar-refractivity contribution in [3.8, 4) is 22.6 Å². The number of fused-ring (bicyclic) bond motifs is 1. The topological polar surface area (TPSA) is 71.3 Å². The summed E-state index contributed by atoms with van der Waals surface area (Å²) in [5.74, 6) is 0.366. The van der Waals surface area contributed by atoms with Crippen molar-refractivity contribution in [2.24, 2.45) is 0 Å². The van der Waals surface area contributed by atoms with Crippen LogP contribution in [0.4, 0.5) is 10.5 Å². The highest BCUT2D eigenvalue weighted by Crippen LogP contribution is 2.33. The lowest BCUT2D eigenvalue weighted by atomic mass is 10.1. The summed E-state index contributed by atoms with van der Waals surface area (Å²) in [5.41, 5.74) is 4.33. The highest BCUT2D eigenvalue weighted by Gasteiger charge is 2.19. The fourth-order valence-corrected chi connectivity index (χ4v) is 3.81. The van der Waals surface area contributed by atoms with Gasteiger partial charge in [0, 0.05) is 30.5 Å². The summed E-state index contributed by atoms with van der Waals surface area (Å²) in [4.78, 5) is 23.1. The molecule has 0 aliphatic carbocycles. The summed E-state index contributed by atoms with van der Waals surface area (Å²) < 4.78 is 5.98. The molecule has 5 rings (SSSR count). The molecule has 7 heteroatoms. The van der Waals surface area contributed by atoms with Crippen LogP contribution in [0.15, 0.2) is 65.2 Å². The summed E-state index contributed by atoms with van der Waals surface area (Å²) in [7, 11) is 0. The Morgan fingerprint density at radius 1 is 1.03 bits per heavy atom. The molecule has 1 saturated heterocycles. The van der Waals surface area contributed by atoms with Crippen molar-refractivity contribution in [3.05, 3.63) is 65.8 Å². The van der Waals surface area contributed by atoms with Crippen LogP contribution >= 0.6 is 11.6 Å². The zero-order chi connectivity index (χ0) is 20.5. The van der Waals surface area contributed by atoms with Crippen LogP contribution in [0.3, 0.4) is 0 Å². The maximum absolute atomic E-state index is 12.4. The number of aromatic nitrogens is 2. The first kappa shape index (κ1) is 18.6. The zero-order valence-electron chi connectivity index (χ0n) is 16.1. The van der Waals surface area contributed by atoms with Crippen LogP contribution in [-0.4, -0.2) is 34.0 Å². The van der Waals surface area contributed by atoms with Crippen LogP contribution in [0.5, 0.6) is 0 Å². The molecular formula is C23H19ClN4O2. The number of pyridine rings is 1. The van der Waals surface area contributed by atoms with Gasteiger partial charge >= 0.3 is 6.03 Å². The minimum Gasteiger partial charge on any atom is -0.434 e. The average Bonchev–Trinajstić information content (AvgIpc) is 3.45. The van der Waals surface area contributed by atoms with Gasteiger partial charge in [-0.2, -0.15) is 4.98 Å². The number of nitrogens with zero attached hydrogens (tertiary/aromatic N) is 3. The van der Waals surface area contributed by atoms with E-state index in [-0.39, 0.29) is 6.03 Å². The van der Waals surface area contributed by atoms with Gasteiger partial charge in [-0.1, -0.05) is 41.9 Å². The summed E-state index contributed by atoms with van der Waals surface area (Å²) >= 11 is 6.41. The Labute approximate surface area is 178 Å². The van der Waals surface area contributed by atoms with Crippen molar-refractivity contribution in [3.63, 3.8) is 0 Å². The van der Waals surface area contributed by atoms with Gasteiger partial charge in [0.05, 0.1) is 10.6 Å². The highest BCUT2D eigenvalue weighted by atomic mass is 35.5. The largest absolute Gasteiger partial charge is 0.434 e. The first-order chi connectivity index (χ1) is 14.7. The fraction of sp³-hybridized carbons (Fsp3) is 0.174. The van der Waals surface area contributed by atoms with Gasteiger partial charge in [0.1, 0.15) is 0 Å². The lowest BCUT2D eigenvalue weighted by Crippen LogP contribution is -2.32. The van der Waals surface area contributed by atoms with E-state index in [1.165, 1.54) is 0 Å². The molecule has 4 aromatic rings. The van der Waals surface area contributed by atoms with E-state index in [9.17, 15) is 4.79 Å². The van der Waals surface area contributed by atoms with Gasteiger partial charge in [0.25, 0.3) is 0 Å². The van der Waals surface area contributed by atoms with Crippen LogP contribution in [0.2, 0.25) is 5.02 Å². The van der Waals surface area contributed by atoms with E-state index >= 15 is 0 Å². The van der Waals surface area contributed by atoms with E-state index in [1.54, 1.807) is 24.4 Å². The first-order valence-electron chi connectivity index (χ1n) is 9.85. The Morgan fingerprint density at radius 2 is 1.83 bits per heavy atom. The number of anilines is 1. The predicted octanol–water partition coefficient (Wildman–Crippen LogP) is 5.84. The average molecular weight is 419 g/mol. The molecule has 0 bridgehead atoms. The third kappa shape index (κ3) is 3.62. The summed E-state index contributed by atoms with van der Waals surface area (Å²) in [6.07, 6.45) is 3.86. The molecule has 30 heavy (non-hydrogen) atoms. The monoisotopic (exact) mass is 418 g/mol. The SMILES string of the molecule is O=C(Nc1ccc(Cl)c(-c2nc3ncc(-c4ccccc4)cc3o2)c1)N1CCCC1. The number of likely N-dealkylation sites (tertiary alicyclic amines) is 1. The van der Waals surface area contributed by atoms with Crippen molar-refractivity contribution in [2.45, 2.75) is 12.8 Å². The molecule has 1 N–H and O–H groups in total. The Hall–Kier alpha value is -3.38. The van der Waals surface area contributed by atoms with Crippen molar-refractivity contribution in [1.29, 1.82) is 0 Å². The highest BCUT2D eigenvalue weighted by molar-refractivity contribution is 6.33. The second-order valence-electron chi connectivity index (χ2n) is 7.25. The number of oxazole rings is 1. The Bertz CT molecular complexity index is 1220. The van der Waals surface area contributed by atoms with Gasteiger partial charge < -0.3 is 14.6 Å². The van der Waals surface area contributed by atoms with Crippen LogP contribution in [0.25, 0.3) is 33.8 Å². The van der Waals surface area contributed by atoms with E-state index in [1.807, 2.05) is 41.3 Å². The molecule has 6 nitrogen and oxygen atoms in total. The van der Waals surface area contributed by atoms with Crippen LogP contribution in [0, 0.1) is 0 Å². The zero-order valence-corrected chi connectivity index (χ0v) is 16.9. The molecule has 0 unspecified atom stereocenters. The number of urea groups is 1. The van der Waals surface area contributed by atoms with Crippen molar-refractivity contribution in [2.75, 3.05) is 18.4 Å². The minimum absolute atomic E-state index is 0.104. The molecule has 1 fully saturated rings. The molecule has 0 saturated carbocycles. The predicted molar refractivity (Wildman–Crippen MR) is 118 cm³/mol. The van der Waals surface area contributed by atoms with E-state index in [0.29, 0.717) is 33.4 Å². The number of hydrogen-bond donors (Lipinski definition) is 1. The van der Waals surface area contributed by atoms with Crippen LogP contribution < -0.4 is 5.32 Å². The molecule has 150 valence electrons. The molecule has 2 aromatic carbocycles. The van der Waals surface area contributed by atoms with E-state index < -0.39 is 0 Å². The molecule has 0 atom stereocenters. The minimum atomic E-state index is -0.104. The number of carbonyl (C=O) groups is 1. The third-order valence-corrected chi connectivity index (χ3v) is 5.53. The second-order valence-corrected chi connectivity index (χ2v) is 7.66. The Kier molecular flexibility index (Phi) is 4.85. The molecule has 2 amide bonds. The van der Waals surface area contributed by atoms with Crippen molar-refractivity contribution >= 4 is 34.5 Å². The van der Waals surface area contributed by atoms with E-state index in [4.69, 9.17) is 16.0 Å². The molecule has 0 spiro atoms. The number of hydrogen-bond acceptors (Lipinski definition) is 4. The van der Waals surface area contributed by atoms with E-state index in [0.717, 1.165) is 37.1 Å². The quantitative estimate of drug-likeness (QED) is 0.453. The number of nitrogens with one attached hydrogen (secondary N) is 1. The fourth-order valence-electron chi connectivity index (χ4n) is 3.61. The second kappa shape index (κ2) is 7.80. The molecule has 2 aromatic heterocycles. The lowest BCUT2D eigenvalue weighted by molar-refractivity contribution is 0.222. The maximum atomic E-state index is 12.4. The number of benzene rings is 2. The Morgan fingerprint density at radius 3 is 2.63 bits per heavy atom. The summed E-state index contributed by atoms with van der Waals surface area (Å²) in [5, 5.41) is 3.42. The van der Waals surface area contributed by atoms with Gasteiger partial charge in [0.2, 0.25) is 5.89 Å².